The summed E-state index contributed by atoms with van der Waals surface area (Å²) in [5.41, 5.74) is 4.96. The number of nitrogens with zero attached hydrogens (tertiary/aromatic N) is 1. The van der Waals surface area contributed by atoms with Crippen molar-refractivity contribution in [3.63, 3.8) is 0 Å². The molecule has 3 aromatic carbocycles. The lowest BCUT2D eigenvalue weighted by molar-refractivity contribution is 0.922. The second-order valence-electron chi connectivity index (χ2n) is 5.72. The number of fused-ring (bicyclic) bond motifs is 1. The lowest BCUT2D eigenvalue weighted by Gasteiger charge is -2.08. The van der Waals surface area contributed by atoms with Gasteiger partial charge in [0.15, 0.2) is 0 Å². The summed E-state index contributed by atoms with van der Waals surface area (Å²) in [6.45, 7) is 5.95. The Labute approximate surface area is 143 Å². The summed E-state index contributed by atoms with van der Waals surface area (Å²) in [6.07, 6.45) is 3.91. The number of aryl methyl sites for hydroxylation is 1. The van der Waals surface area contributed by atoms with Gasteiger partial charge in [-0.25, -0.2) is 0 Å². The van der Waals surface area contributed by atoms with E-state index < -0.39 is 0 Å². The summed E-state index contributed by atoms with van der Waals surface area (Å²) in [4.78, 5) is 10.9. The zero-order valence-electron chi connectivity index (χ0n) is 13.3. The van der Waals surface area contributed by atoms with E-state index in [-0.39, 0.29) is 7.43 Å². The van der Waals surface area contributed by atoms with Gasteiger partial charge in [0, 0.05) is 5.56 Å². The Hall–Kier alpha value is -2.74. The quantitative estimate of drug-likeness (QED) is 0.460. The molecule has 0 radical (unpaired) electrons. The fourth-order valence-corrected chi connectivity index (χ4v) is 2.92. The highest BCUT2D eigenvalue weighted by atomic mass is 16.3. The van der Waals surface area contributed by atoms with Crippen LogP contribution >= 0.6 is 0 Å². The molecule has 0 aliphatic rings. The Morgan fingerprint density at radius 2 is 1.79 bits per heavy atom. The maximum absolute atomic E-state index is 10.9. The minimum absolute atomic E-state index is 0. The zero-order valence-corrected chi connectivity index (χ0v) is 13.3. The van der Waals surface area contributed by atoms with Gasteiger partial charge >= 0.3 is 0 Å². The second kappa shape index (κ2) is 7.69. The predicted molar refractivity (Wildman–Crippen MR) is 106 cm³/mol. The molecule has 0 amide bonds. The Morgan fingerprint density at radius 3 is 2.50 bits per heavy atom. The van der Waals surface area contributed by atoms with E-state index >= 15 is 0 Å². The molecule has 0 fully saturated rings. The maximum atomic E-state index is 10.9. The van der Waals surface area contributed by atoms with Gasteiger partial charge in [-0.3, -0.25) is 0 Å². The first-order chi connectivity index (χ1) is 11.2. The molecule has 0 atom stereocenters. The number of nitroso groups, excluding NO2 is 1. The molecule has 0 heterocycles. The van der Waals surface area contributed by atoms with E-state index in [1.165, 1.54) is 16.7 Å². The van der Waals surface area contributed by atoms with Crippen LogP contribution in [0.5, 0.6) is 0 Å². The van der Waals surface area contributed by atoms with Crippen molar-refractivity contribution in [2.75, 3.05) is 0 Å². The highest BCUT2D eigenvalue weighted by molar-refractivity contribution is 5.92. The van der Waals surface area contributed by atoms with Crippen molar-refractivity contribution in [1.82, 2.24) is 0 Å². The molecule has 2 heteroatoms. The molecule has 0 saturated heterocycles. The van der Waals surface area contributed by atoms with E-state index in [0.717, 1.165) is 29.2 Å². The summed E-state index contributed by atoms with van der Waals surface area (Å²) in [5.74, 6) is 0. The summed E-state index contributed by atoms with van der Waals surface area (Å²) in [5, 5.41) is 5.18. The van der Waals surface area contributed by atoms with Crippen LogP contribution in [0.15, 0.2) is 66.4 Å². The first-order valence-electron chi connectivity index (χ1n) is 7.88. The van der Waals surface area contributed by atoms with Crippen LogP contribution in [0.25, 0.3) is 28.0 Å². The maximum Gasteiger partial charge on any atom is 0.115 e. The van der Waals surface area contributed by atoms with Gasteiger partial charge in [-0.2, -0.15) is 0 Å². The highest BCUT2D eigenvalue weighted by Crippen LogP contribution is 2.31. The van der Waals surface area contributed by atoms with Gasteiger partial charge in [0.05, 0.1) is 0 Å². The molecule has 24 heavy (non-hydrogen) atoms. The fourth-order valence-electron chi connectivity index (χ4n) is 2.92. The van der Waals surface area contributed by atoms with Crippen LogP contribution in [0, 0.1) is 4.91 Å². The van der Waals surface area contributed by atoms with Gasteiger partial charge in [0.2, 0.25) is 0 Å². The van der Waals surface area contributed by atoms with Crippen LogP contribution in [0.4, 0.5) is 5.69 Å². The van der Waals surface area contributed by atoms with Crippen molar-refractivity contribution < 1.29 is 0 Å². The van der Waals surface area contributed by atoms with Crippen LogP contribution in [0.3, 0.4) is 0 Å². The third-order valence-electron chi connectivity index (χ3n) is 4.10. The van der Waals surface area contributed by atoms with Crippen molar-refractivity contribution in [3.8, 4) is 11.1 Å². The fraction of sp³-hybridized carbons (Fsp3) is 0.182. The van der Waals surface area contributed by atoms with Crippen LogP contribution in [-0.4, -0.2) is 0 Å². The Balaban J connectivity index is 0.00000208. The first kappa shape index (κ1) is 17.6. The molecule has 0 saturated carbocycles. The average molecular weight is 317 g/mol. The second-order valence-corrected chi connectivity index (χ2v) is 5.72. The molecule has 0 spiro atoms. The molecule has 0 aliphatic carbocycles. The smallest absolute Gasteiger partial charge is 0.115 e. The minimum atomic E-state index is 0. The molecule has 3 aromatic rings. The number of benzene rings is 3. The van der Waals surface area contributed by atoms with Crippen molar-refractivity contribution in [1.29, 1.82) is 0 Å². The van der Waals surface area contributed by atoms with Crippen molar-refractivity contribution in [2.24, 2.45) is 5.18 Å². The average Bonchev–Trinajstić information content (AvgIpc) is 2.60. The van der Waals surface area contributed by atoms with Crippen LogP contribution in [0.1, 0.15) is 31.9 Å². The Kier molecular flexibility index (Phi) is 5.64. The standard InChI is InChI=1S/C21H19NO.CH4/c1-3-6-15-7-5-8-17(11-15)18-9-10-19-14-21(22-23)16(4-2)12-20(19)13-18;/h4-5,7-14H,2-3,6H2,1H3;1H4. The Bertz CT molecular complexity index is 880. The van der Waals surface area contributed by atoms with Crippen molar-refractivity contribution in [2.45, 2.75) is 27.2 Å². The van der Waals surface area contributed by atoms with E-state index in [4.69, 9.17) is 0 Å². The van der Waals surface area contributed by atoms with E-state index in [0.29, 0.717) is 5.69 Å². The first-order valence-corrected chi connectivity index (χ1v) is 7.88. The van der Waals surface area contributed by atoms with E-state index in [1.807, 2.05) is 18.2 Å². The Morgan fingerprint density at radius 1 is 1.00 bits per heavy atom. The molecule has 0 aliphatic heterocycles. The molecular weight excluding hydrogens is 294 g/mol. The third kappa shape index (κ3) is 3.43. The lowest BCUT2D eigenvalue weighted by atomic mass is 9.97. The minimum Gasteiger partial charge on any atom is -0.145 e. The van der Waals surface area contributed by atoms with E-state index in [9.17, 15) is 4.91 Å². The highest BCUT2D eigenvalue weighted by Gasteiger charge is 2.05. The molecule has 0 N–H and O–H groups in total. The summed E-state index contributed by atoms with van der Waals surface area (Å²) in [6, 6.07) is 18.7. The van der Waals surface area contributed by atoms with E-state index in [2.05, 4.69) is 55.1 Å². The summed E-state index contributed by atoms with van der Waals surface area (Å²) < 4.78 is 0. The molecule has 0 unspecified atom stereocenters. The largest absolute Gasteiger partial charge is 0.145 e. The molecular formula is C22H23NO. The summed E-state index contributed by atoms with van der Waals surface area (Å²) in [7, 11) is 0. The lowest BCUT2D eigenvalue weighted by Crippen LogP contribution is -1.85. The number of rotatable bonds is 5. The normalized spacial score (nSPS) is 10.2. The topological polar surface area (TPSA) is 29.4 Å². The van der Waals surface area contributed by atoms with Crippen molar-refractivity contribution >= 4 is 22.5 Å². The molecule has 122 valence electrons. The van der Waals surface area contributed by atoms with Gasteiger partial charge in [-0.05, 0) is 57.3 Å². The molecule has 3 rings (SSSR count). The number of hydrogen-bond donors (Lipinski definition) is 0. The van der Waals surface area contributed by atoms with Gasteiger partial charge in [-0.1, -0.05) is 69.8 Å². The van der Waals surface area contributed by atoms with Gasteiger partial charge < -0.3 is 0 Å². The van der Waals surface area contributed by atoms with Crippen molar-refractivity contribution in [3.05, 3.63) is 77.2 Å². The number of hydrogen-bond acceptors (Lipinski definition) is 2. The third-order valence-corrected chi connectivity index (χ3v) is 4.10. The molecule has 2 nitrogen and oxygen atoms in total. The van der Waals surface area contributed by atoms with Crippen LogP contribution in [-0.2, 0) is 6.42 Å². The van der Waals surface area contributed by atoms with E-state index in [1.54, 1.807) is 6.08 Å². The van der Waals surface area contributed by atoms with Crippen LogP contribution in [0.2, 0.25) is 0 Å². The van der Waals surface area contributed by atoms with Gasteiger partial charge in [0.25, 0.3) is 0 Å². The SMILES string of the molecule is C.C=Cc1cc2cc(-c3cccc(CCC)c3)ccc2cc1N=O. The van der Waals surface area contributed by atoms with Crippen LogP contribution < -0.4 is 0 Å². The monoisotopic (exact) mass is 317 g/mol. The molecule has 0 aromatic heterocycles. The van der Waals surface area contributed by atoms with Gasteiger partial charge in [0.1, 0.15) is 5.69 Å². The predicted octanol–water partition coefficient (Wildman–Crippen LogP) is 7.14. The molecule has 0 bridgehead atoms. The summed E-state index contributed by atoms with van der Waals surface area (Å²) >= 11 is 0. The van der Waals surface area contributed by atoms with Gasteiger partial charge in [-0.15, -0.1) is 4.91 Å². The zero-order chi connectivity index (χ0) is 16.2.